The maximum atomic E-state index is 11.9. The molecule has 1 rings (SSSR count). The molecule has 0 radical (unpaired) electrons. The maximum Gasteiger partial charge on any atom is 0.255 e. The molecule has 0 aromatic heterocycles. The van der Waals surface area contributed by atoms with Crippen LogP contribution < -0.4 is 10.1 Å². The van der Waals surface area contributed by atoms with Gasteiger partial charge in [-0.15, -0.1) is 11.6 Å². The highest BCUT2D eigenvalue weighted by Crippen LogP contribution is 2.29. The maximum absolute atomic E-state index is 11.9. The van der Waals surface area contributed by atoms with Crippen molar-refractivity contribution in [3.05, 3.63) is 23.8 Å². The summed E-state index contributed by atoms with van der Waals surface area (Å²) in [4.78, 5) is 11.9. The Kier molecular flexibility index (Phi) is 4.23. The van der Waals surface area contributed by atoms with Crippen LogP contribution in [0.15, 0.2) is 18.2 Å². The van der Waals surface area contributed by atoms with E-state index in [0.717, 1.165) is 0 Å². The number of phenolic OH excluding ortho intramolecular Hbond substituents is 1. The molecule has 0 saturated carbocycles. The monoisotopic (exact) mass is 257 g/mol. The summed E-state index contributed by atoms with van der Waals surface area (Å²) < 4.78 is 4.94. The zero-order chi connectivity index (χ0) is 13.1. The van der Waals surface area contributed by atoms with Crippen LogP contribution in [0.4, 0.5) is 0 Å². The number of rotatable bonds is 4. The molecule has 0 bridgehead atoms. The Hall–Kier alpha value is -1.42. The van der Waals surface area contributed by atoms with E-state index in [4.69, 9.17) is 16.3 Å². The van der Waals surface area contributed by atoms with Gasteiger partial charge in [0.15, 0.2) is 11.5 Å². The predicted octanol–water partition coefficient (Wildman–Crippen LogP) is 2.15. The summed E-state index contributed by atoms with van der Waals surface area (Å²) in [5.74, 6) is -0.00466. The molecule has 1 aromatic rings. The molecule has 94 valence electrons. The lowest BCUT2D eigenvalue weighted by Gasteiger charge is -2.23. The number of methoxy groups -OCH3 is 1. The largest absolute Gasteiger partial charge is 0.504 e. The van der Waals surface area contributed by atoms with Crippen molar-refractivity contribution >= 4 is 17.5 Å². The van der Waals surface area contributed by atoms with Gasteiger partial charge in [-0.2, -0.15) is 0 Å². The van der Waals surface area contributed by atoms with Crippen molar-refractivity contribution in [2.75, 3.05) is 13.0 Å². The molecule has 2 N–H and O–H groups in total. The zero-order valence-corrected chi connectivity index (χ0v) is 10.8. The second kappa shape index (κ2) is 5.27. The topological polar surface area (TPSA) is 58.6 Å². The van der Waals surface area contributed by atoms with Gasteiger partial charge in [0.05, 0.1) is 12.7 Å². The lowest BCUT2D eigenvalue weighted by molar-refractivity contribution is 0.0917. The van der Waals surface area contributed by atoms with Crippen LogP contribution in [-0.2, 0) is 0 Å². The minimum atomic E-state index is -0.534. The standard InChI is InChI=1S/C12H16ClNO3/c1-12(2,7-13)14-11(16)8-5-4-6-9(17-3)10(8)15/h4-6,15H,7H2,1-3H3,(H,14,16). The number of phenols is 1. The number of carbonyl (C=O) groups is 1. The van der Waals surface area contributed by atoms with Crippen LogP contribution in [0.5, 0.6) is 11.5 Å². The van der Waals surface area contributed by atoms with Gasteiger partial charge in [0.25, 0.3) is 5.91 Å². The molecule has 0 fully saturated rings. The third-order valence-corrected chi connectivity index (χ3v) is 2.92. The van der Waals surface area contributed by atoms with Gasteiger partial charge in [0.1, 0.15) is 0 Å². The number of para-hydroxylation sites is 1. The molecule has 0 aliphatic rings. The fourth-order valence-corrected chi connectivity index (χ4v) is 1.35. The summed E-state index contributed by atoms with van der Waals surface area (Å²) >= 11 is 5.72. The van der Waals surface area contributed by atoms with Crippen LogP contribution in [0, 0.1) is 0 Å². The van der Waals surface area contributed by atoms with Crippen LogP contribution in [0.2, 0.25) is 0 Å². The number of benzene rings is 1. The fraction of sp³-hybridized carbons (Fsp3) is 0.417. The number of halogens is 1. The molecule has 5 heteroatoms. The quantitative estimate of drug-likeness (QED) is 0.813. The second-order valence-electron chi connectivity index (χ2n) is 4.33. The number of hydrogen-bond donors (Lipinski definition) is 2. The Labute approximate surface area is 106 Å². The normalized spacial score (nSPS) is 11.1. The molecule has 0 aliphatic heterocycles. The van der Waals surface area contributed by atoms with Crippen molar-refractivity contribution in [1.82, 2.24) is 5.32 Å². The lowest BCUT2D eigenvalue weighted by atomic mass is 10.1. The molecule has 0 saturated heterocycles. The SMILES string of the molecule is COc1cccc(C(=O)NC(C)(C)CCl)c1O. The summed E-state index contributed by atoms with van der Waals surface area (Å²) in [6.45, 7) is 3.60. The van der Waals surface area contributed by atoms with E-state index in [9.17, 15) is 9.90 Å². The number of alkyl halides is 1. The zero-order valence-electron chi connectivity index (χ0n) is 10.1. The van der Waals surface area contributed by atoms with E-state index in [1.807, 2.05) is 0 Å². The third kappa shape index (κ3) is 3.27. The van der Waals surface area contributed by atoms with Gasteiger partial charge in [-0.05, 0) is 26.0 Å². The van der Waals surface area contributed by atoms with Gasteiger partial charge >= 0.3 is 0 Å². The first-order valence-corrected chi connectivity index (χ1v) is 5.69. The van der Waals surface area contributed by atoms with Gasteiger partial charge in [0, 0.05) is 11.4 Å². The Morgan fingerprint density at radius 2 is 2.18 bits per heavy atom. The molecular weight excluding hydrogens is 242 g/mol. The molecule has 1 amide bonds. The Balaban J connectivity index is 2.97. The number of amides is 1. The van der Waals surface area contributed by atoms with Crippen molar-refractivity contribution in [2.45, 2.75) is 19.4 Å². The summed E-state index contributed by atoms with van der Waals surface area (Å²) in [6, 6.07) is 4.75. The highest BCUT2D eigenvalue weighted by atomic mass is 35.5. The van der Waals surface area contributed by atoms with E-state index in [2.05, 4.69) is 5.32 Å². The van der Waals surface area contributed by atoms with E-state index in [1.54, 1.807) is 26.0 Å². The first kappa shape index (κ1) is 13.6. The minimum Gasteiger partial charge on any atom is -0.504 e. The predicted molar refractivity (Wildman–Crippen MR) is 66.9 cm³/mol. The van der Waals surface area contributed by atoms with Crippen molar-refractivity contribution < 1.29 is 14.6 Å². The van der Waals surface area contributed by atoms with Gasteiger partial charge in [0.2, 0.25) is 0 Å². The van der Waals surface area contributed by atoms with Crippen molar-refractivity contribution in [3.8, 4) is 11.5 Å². The second-order valence-corrected chi connectivity index (χ2v) is 4.60. The third-order valence-electron chi connectivity index (χ3n) is 2.25. The van der Waals surface area contributed by atoms with Gasteiger partial charge < -0.3 is 15.2 Å². The summed E-state index contributed by atoms with van der Waals surface area (Å²) in [6.07, 6.45) is 0. The molecule has 1 aromatic carbocycles. The van der Waals surface area contributed by atoms with Crippen LogP contribution in [0.25, 0.3) is 0 Å². The van der Waals surface area contributed by atoms with Crippen LogP contribution in [0.3, 0.4) is 0 Å². The highest BCUT2D eigenvalue weighted by molar-refractivity contribution is 6.18. The van der Waals surface area contributed by atoms with E-state index in [-0.39, 0.29) is 28.8 Å². The molecule has 4 nitrogen and oxygen atoms in total. The van der Waals surface area contributed by atoms with E-state index >= 15 is 0 Å². The molecule has 17 heavy (non-hydrogen) atoms. The Bertz CT molecular complexity index is 418. The molecule has 0 unspecified atom stereocenters. The molecule has 0 spiro atoms. The molecule has 0 heterocycles. The summed E-state index contributed by atoms with van der Waals surface area (Å²) in [5.41, 5.74) is -0.365. The smallest absolute Gasteiger partial charge is 0.255 e. The first-order chi connectivity index (χ1) is 7.91. The van der Waals surface area contributed by atoms with E-state index < -0.39 is 5.54 Å². The molecule has 0 atom stereocenters. The highest BCUT2D eigenvalue weighted by Gasteiger charge is 2.22. The average molecular weight is 258 g/mol. The van der Waals surface area contributed by atoms with Crippen molar-refractivity contribution in [2.24, 2.45) is 0 Å². The van der Waals surface area contributed by atoms with Crippen LogP contribution >= 0.6 is 11.6 Å². The van der Waals surface area contributed by atoms with Gasteiger partial charge in [-0.1, -0.05) is 6.07 Å². The number of nitrogens with one attached hydrogen (secondary N) is 1. The average Bonchev–Trinajstić information content (AvgIpc) is 2.28. The first-order valence-electron chi connectivity index (χ1n) is 5.15. The van der Waals surface area contributed by atoms with Gasteiger partial charge in [-0.3, -0.25) is 4.79 Å². The molecular formula is C12H16ClNO3. The van der Waals surface area contributed by atoms with Crippen LogP contribution in [-0.4, -0.2) is 29.5 Å². The summed E-state index contributed by atoms with van der Waals surface area (Å²) in [7, 11) is 1.43. The van der Waals surface area contributed by atoms with E-state index in [0.29, 0.717) is 0 Å². The molecule has 0 aliphatic carbocycles. The number of aromatic hydroxyl groups is 1. The Morgan fingerprint density at radius 3 is 2.71 bits per heavy atom. The summed E-state index contributed by atoms with van der Waals surface area (Å²) in [5, 5.41) is 12.5. The number of ether oxygens (including phenoxy) is 1. The minimum absolute atomic E-state index is 0.169. The van der Waals surface area contributed by atoms with Gasteiger partial charge in [-0.25, -0.2) is 0 Å². The van der Waals surface area contributed by atoms with Crippen molar-refractivity contribution in [1.29, 1.82) is 0 Å². The van der Waals surface area contributed by atoms with E-state index in [1.165, 1.54) is 13.2 Å². The number of carbonyl (C=O) groups excluding carboxylic acids is 1. The lowest BCUT2D eigenvalue weighted by Crippen LogP contribution is -2.44. The number of hydrogen-bond acceptors (Lipinski definition) is 3. The Morgan fingerprint density at radius 1 is 1.53 bits per heavy atom. The van der Waals surface area contributed by atoms with Crippen molar-refractivity contribution in [3.63, 3.8) is 0 Å². The van der Waals surface area contributed by atoms with Crippen LogP contribution in [0.1, 0.15) is 24.2 Å². The fourth-order valence-electron chi connectivity index (χ4n) is 1.28.